The molecule has 4 aliphatic rings. The van der Waals surface area contributed by atoms with Gasteiger partial charge >= 0.3 is 0 Å². The molecule has 0 saturated carbocycles. The molecule has 0 bridgehead atoms. The van der Waals surface area contributed by atoms with Crippen molar-refractivity contribution in [3.8, 4) is 0 Å². The summed E-state index contributed by atoms with van der Waals surface area (Å²) >= 11 is 0. The third-order valence-corrected chi connectivity index (χ3v) is 8.28. The van der Waals surface area contributed by atoms with Gasteiger partial charge in [-0.25, -0.2) is 0 Å². The highest BCUT2D eigenvalue weighted by Crippen LogP contribution is 2.22. The van der Waals surface area contributed by atoms with Gasteiger partial charge in [0.1, 0.15) is 0 Å². The minimum Gasteiger partial charge on any atom is -0.395 e. The van der Waals surface area contributed by atoms with E-state index in [2.05, 4.69) is 86.6 Å². The van der Waals surface area contributed by atoms with Gasteiger partial charge in [0.2, 0.25) is 0 Å². The van der Waals surface area contributed by atoms with Crippen molar-refractivity contribution in [1.82, 2.24) is 34.5 Å². The first-order chi connectivity index (χ1) is 20.8. The highest BCUT2D eigenvalue weighted by Gasteiger charge is 2.19. The van der Waals surface area contributed by atoms with E-state index in [1.165, 1.54) is 88.3 Å². The lowest BCUT2D eigenvalue weighted by Crippen LogP contribution is -2.20. The SMILES string of the molecule is C.C.Cc1cc2n(n1)CCC2.Cc1cnc2c(c1)CCC2.Cc1cnc2c(c1)CN(C)C2.Cc1cnc2c(c1)CN(CCO)C2. The number of pyridine rings is 3. The number of aliphatic hydroxyl groups excluding tert-OH is 1. The summed E-state index contributed by atoms with van der Waals surface area (Å²) in [7, 11) is 2.12. The molecule has 0 amide bonds. The molecule has 0 aromatic carbocycles. The smallest absolute Gasteiger partial charge is 0.0596 e. The van der Waals surface area contributed by atoms with Crippen LogP contribution in [0.2, 0.25) is 0 Å². The molecule has 8 heteroatoms. The number of aliphatic hydroxyl groups is 1. The predicted octanol–water partition coefficient (Wildman–Crippen LogP) is 6.32. The number of fused-ring (bicyclic) bond motifs is 4. The fourth-order valence-electron chi connectivity index (χ4n) is 6.23. The Morgan fingerprint density at radius 2 is 1.27 bits per heavy atom. The van der Waals surface area contributed by atoms with Gasteiger partial charge in [0.15, 0.2) is 0 Å². The molecule has 244 valence electrons. The van der Waals surface area contributed by atoms with Crippen molar-refractivity contribution >= 4 is 0 Å². The molecule has 8 rings (SSSR count). The maximum atomic E-state index is 8.80. The van der Waals surface area contributed by atoms with Gasteiger partial charge in [-0.15, -0.1) is 0 Å². The van der Waals surface area contributed by atoms with Crippen molar-refractivity contribution in [2.75, 3.05) is 20.2 Å². The number of aryl methyl sites for hydroxylation is 8. The van der Waals surface area contributed by atoms with Gasteiger partial charge in [-0.1, -0.05) is 33.1 Å². The van der Waals surface area contributed by atoms with E-state index < -0.39 is 0 Å². The van der Waals surface area contributed by atoms with Crippen molar-refractivity contribution in [2.45, 2.75) is 107 Å². The van der Waals surface area contributed by atoms with E-state index in [0.29, 0.717) is 0 Å². The Kier molecular flexibility index (Phi) is 13.4. The molecule has 0 saturated heterocycles. The van der Waals surface area contributed by atoms with Gasteiger partial charge < -0.3 is 5.11 Å². The molecular weight excluding hydrogens is 558 g/mol. The summed E-state index contributed by atoms with van der Waals surface area (Å²) in [5.41, 5.74) is 14.3. The average molecular weight is 614 g/mol. The molecule has 8 nitrogen and oxygen atoms in total. The Morgan fingerprint density at radius 3 is 1.91 bits per heavy atom. The molecule has 45 heavy (non-hydrogen) atoms. The van der Waals surface area contributed by atoms with Crippen molar-refractivity contribution < 1.29 is 5.11 Å². The number of rotatable bonds is 2. The molecule has 0 radical (unpaired) electrons. The number of hydrogen-bond donors (Lipinski definition) is 1. The van der Waals surface area contributed by atoms with Crippen LogP contribution < -0.4 is 0 Å². The number of aromatic nitrogens is 5. The summed E-state index contributed by atoms with van der Waals surface area (Å²) in [6.07, 6.45) is 12.0. The minimum atomic E-state index is 0. The topological polar surface area (TPSA) is 83.2 Å². The fraction of sp³-hybridized carbons (Fsp3) is 0.514. The van der Waals surface area contributed by atoms with E-state index in [9.17, 15) is 0 Å². The zero-order chi connectivity index (χ0) is 30.3. The zero-order valence-electron chi connectivity index (χ0n) is 26.6. The van der Waals surface area contributed by atoms with E-state index in [1.807, 2.05) is 25.5 Å². The van der Waals surface area contributed by atoms with E-state index in [0.717, 1.165) is 45.0 Å². The van der Waals surface area contributed by atoms with Crippen LogP contribution in [0.25, 0.3) is 0 Å². The molecule has 1 N–H and O–H groups in total. The maximum Gasteiger partial charge on any atom is 0.0596 e. The second kappa shape index (κ2) is 16.7. The Hall–Kier alpha value is -3.46. The van der Waals surface area contributed by atoms with Gasteiger partial charge in [0.25, 0.3) is 0 Å². The number of β-amino-alcohol motifs (C(OH)–C–C–N with tert-alkyl or cyclic N) is 1. The van der Waals surface area contributed by atoms with E-state index in [1.54, 1.807) is 0 Å². The molecule has 3 aliphatic heterocycles. The largest absolute Gasteiger partial charge is 0.395 e. The maximum absolute atomic E-state index is 8.80. The standard InChI is InChI=1S/C10H14N2O.C9H12N2.C9H11N.C7H10N2.2CH4/c1-8-4-9-6-12(2-3-13)7-10(9)11-5-8;1-7-3-8-5-11(2)6-9(8)10-4-7;1-7-5-8-3-2-4-9(8)10-6-7;1-6-5-7-3-2-4-9(7)8-6;;/h4-5,13H,2-3,6-7H2,1H3;3-4H,5-6H2,1-2H3;5-6H,2-4H2,1H3;5H,2-4H2,1H3;2*1H4. The minimum absolute atomic E-state index is 0. The first-order valence-corrected chi connectivity index (χ1v) is 15.7. The van der Waals surface area contributed by atoms with Gasteiger partial charge in [-0.3, -0.25) is 29.4 Å². The Balaban J connectivity index is 0.000000162. The predicted molar refractivity (Wildman–Crippen MR) is 184 cm³/mol. The summed E-state index contributed by atoms with van der Waals surface area (Å²) in [5.74, 6) is 0. The quantitative estimate of drug-likeness (QED) is 0.283. The van der Waals surface area contributed by atoms with Crippen LogP contribution in [-0.2, 0) is 52.0 Å². The Labute approximate surface area is 271 Å². The van der Waals surface area contributed by atoms with Crippen LogP contribution in [0.4, 0.5) is 0 Å². The summed E-state index contributed by atoms with van der Waals surface area (Å²) in [4.78, 5) is 17.6. The van der Waals surface area contributed by atoms with E-state index >= 15 is 0 Å². The Bertz CT molecular complexity index is 1510. The molecule has 0 unspecified atom stereocenters. The second-order valence-corrected chi connectivity index (χ2v) is 12.4. The van der Waals surface area contributed by atoms with Crippen molar-refractivity contribution in [1.29, 1.82) is 0 Å². The molecule has 7 heterocycles. The van der Waals surface area contributed by atoms with Crippen LogP contribution in [0.1, 0.15) is 89.5 Å². The summed E-state index contributed by atoms with van der Waals surface area (Å²) in [5, 5.41) is 13.1. The van der Waals surface area contributed by atoms with Gasteiger partial charge in [0, 0.05) is 69.2 Å². The van der Waals surface area contributed by atoms with Gasteiger partial charge in [0.05, 0.1) is 23.7 Å². The van der Waals surface area contributed by atoms with Gasteiger partial charge in [-0.2, -0.15) is 5.10 Å². The zero-order valence-corrected chi connectivity index (χ0v) is 26.6. The third-order valence-electron chi connectivity index (χ3n) is 8.28. The third kappa shape index (κ3) is 9.76. The average Bonchev–Trinajstić information content (AvgIpc) is 3.78. The van der Waals surface area contributed by atoms with Crippen LogP contribution in [0.3, 0.4) is 0 Å². The normalized spacial score (nSPS) is 15.4. The lowest BCUT2D eigenvalue weighted by Gasteiger charge is -2.10. The van der Waals surface area contributed by atoms with E-state index in [4.69, 9.17) is 5.11 Å². The molecule has 0 spiro atoms. The first kappa shape index (κ1) is 36.0. The Morgan fingerprint density at radius 1 is 0.667 bits per heavy atom. The second-order valence-electron chi connectivity index (χ2n) is 12.4. The molecule has 0 atom stereocenters. The summed E-state index contributed by atoms with van der Waals surface area (Å²) in [6, 6.07) is 8.84. The summed E-state index contributed by atoms with van der Waals surface area (Å²) < 4.78 is 2.11. The number of hydrogen-bond acceptors (Lipinski definition) is 7. The van der Waals surface area contributed by atoms with Crippen molar-refractivity contribution in [3.63, 3.8) is 0 Å². The lowest BCUT2D eigenvalue weighted by molar-refractivity contribution is 0.197. The fourth-order valence-corrected chi connectivity index (χ4v) is 6.23. The number of nitrogens with zero attached hydrogens (tertiary/aromatic N) is 7. The highest BCUT2D eigenvalue weighted by atomic mass is 16.3. The van der Waals surface area contributed by atoms with Crippen LogP contribution in [0.5, 0.6) is 0 Å². The first-order valence-electron chi connectivity index (χ1n) is 15.7. The van der Waals surface area contributed by atoms with Gasteiger partial charge in [-0.05, 0) is 106 Å². The monoisotopic (exact) mass is 613 g/mol. The van der Waals surface area contributed by atoms with Crippen LogP contribution in [0, 0.1) is 27.7 Å². The van der Waals surface area contributed by atoms with Crippen molar-refractivity contribution in [3.05, 3.63) is 105 Å². The molecule has 0 fully saturated rings. The van der Waals surface area contributed by atoms with Crippen LogP contribution in [-0.4, -0.2) is 59.8 Å². The van der Waals surface area contributed by atoms with Crippen LogP contribution >= 0.6 is 0 Å². The van der Waals surface area contributed by atoms with Crippen molar-refractivity contribution in [2.24, 2.45) is 0 Å². The lowest BCUT2D eigenvalue weighted by atomic mass is 10.2. The molecule has 4 aromatic heterocycles. The molecule has 1 aliphatic carbocycles. The molecule has 4 aromatic rings. The molecular formula is C37H55N7O. The van der Waals surface area contributed by atoms with Crippen LogP contribution in [0.15, 0.2) is 42.9 Å². The summed E-state index contributed by atoms with van der Waals surface area (Å²) in [6.45, 7) is 14.3. The highest BCUT2D eigenvalue weighted by molar-refractivity contribution is 5.29. The van der Waals surface area contributed by atoms with E-state index in [-0.39, 0.29) is 21.5 Å².